The summed E-state index contributed by atoms with van der Waals surface area (Å²) in [6.07, 6.45) is 1.33. The van der Waals surface area contributed by atoms with E-state index in [1.54, 1.807) is 6.92 Å². The van der Waals surface area contributed by atoms with Crippen LogP contribution in [0.1, 0.15) is 13.3 Å². The molecule has 0 radical (unpaired) electrons. The van der Waals surface area contributed by atoms with Crippen LogP contribution < -0.4 is 5.56 Å². The lowest BCUT2D eigenvalue weighted by molar-refractivity contribution is -0.143. The van der Waals surface area contributed by atoms with Gasteiger partial charge in [-0.15, -0.1) is 0 Å². The van der Waals surface area contributed by atoms with Crippen molar-refractivity contribution in [3.8, 4) is 0 Å². The fraction of sp³-hybridized carbons (Fsp3) is 0.444. The first kappa shape index (κ1) is 13.0. The number of halogens is 2. The Labute approximate surface area is 102 Å². The van der Waals surface area contributed by atoms with Crippen molar-refractivity contribution in [3.05, 3.63) is 26.6 Å². The van der Waals surface area contributed by atoms with Gasteiger partial charge in [-0.25, -0.2) is 4.68 Å². The maximum atomic E-state index is 11.5. The van der Waals surface area contributed by atoms with E-state index < -0.39 is 5.56 Å². The van der Waals surface area contributed by atoms with Gasteiger partial charge in [0.2, 0.25) is 0 Å². The van der Waals surface area contributed by atoms with E-state index in [0.29, 0.717) is 6.61 Å². The van der Waals surface area contributed by atoms with E-state index in [4.69, 9.17) is 27.9 Å². The SMILES string of the molecule is CCOC(=O)CCn1ncc(Cl)c(Cl)c1=O. The fourth-order valence-corrected chi connectivity index (χ4v) is 1.31. The summed E-state index contributed by atoms with van der Waals surface area (Å²) in [4.78, 5) is 22.5. The number of aromatic nitrogens is 2. The molecule has 0 N–H and O–H groups in total. The van der Waals surface area contributed by atoms with Crippen LogP contribution in [0.3, 0.4) is 0 Å². The fourth-order valence-electron chi connectivity index (χ4n) is 1.03. The van der Waals surface area contributed by atoms with E-state index in [1.165, 1.54) is 6.20 Å². The van der Waals surface area contributed by atoms with Gasteiger partial charge >= 0.3 is 5.97 Å². The molecule has 0 saturated carbocycles. The average Bonchev–Trinajstić information content (AvgIpc) is 2.25. The van der Waals surface area contributed by atoms with Crippen LogP contribution >= 0.6 is 23.2 Å². The van der Waals surface area contributed by atoms with Crippen molar-refractivity contribution >= 4 is 29.2 Å². The van der Waals surface area contributed by atoms with Crippen molar-refractivity contribution in [3.63, 3.8) is 0 Å². The monoisotopic (exact) mass is 264 g/mol. The number of esters is 1. The molecule has 1 rings (SSSR count). The molecular weight excluding hydrogens is 255 g/mol. The third-order valence-corrected chi connectivity index (χ3v) is 2.52. The number of aryl methyl sites for hydroxylation is 1. The van der Waals surface area contributed by atoms with Crippen LogP contribution in [0.4, 0.5) is 0 Å². The molecule has 0 amide bonds. The summed E-state index contributed by atoms with van der Waals surface area (Å²) in [6.45, 7) is 2.14. The number of ether oxygens (including phenoxy) is 1. The van der Waals surface area contributed by atoms with Crippen molar-refractivity contribution < 1.29 is 9.53 Å². The quantitative estimate of drug-likeness (QED) is 0.774. The highest BCUT2D eigenvalue weighted by Crippen LogP contribution is 2.14. The highest BCUT2D eigenvalue weighted by atomic mass is 35.5. The van der Waals surface area contributed by atoms with Crippen LogP contribution in [-0.2, 0) is 16.1 Å². The van der Waals surface area contributed by atoms with Gasteiger partial charge in [-0.1, -0.05) is 23.2 Å². The normalized spacial score (nSPS) is 10.2. The Morgan fingerprint density at radius 3 is 2.88 bits per heavy atom. The molecule has 16 heavy (non-hydrogen) atoms. The zero-order valence-electron chi connectivity index (χ0n) is 8.57. The van der Waals surface area contributed by atoms with Crippen LogP contribution in [0.5, 0.6) is 0 Å². The Balaban J connectivity index is 2.72. The minimum atomic E-state index is -0.515. The summed E-state index contributed by atoms with van der Waals surface area (Å²) in [5.74, 6) is -0.387. The number of rotatable bonds is 4. The van der Waals surface area contributed by atoms with Crippen LogP contribution in [0, 0.1) is 0 Å². The second-order valence-electron chi connectivity index (χ2n) is 2.89. The van der Waals surface area contributed by atoms with E-state index in [-0.39, 0.29) is 29.0 Å². The zero-order valence-corrected chi connectivity index (χ0v) is 10.1. The molecule has 0 aliphatic carbocycles. The summed E-state index contributed by atoms with van der Waals surface area (Å²) in [5, 5.41) is 3.75. The molecule has 0 fully saturated rings. The van der Waals surface area contributed by atoms with Crippen LogP contribution in [0.25, 0.3) is 0 Å². The first-order chi connectivity index (χ1) is 7.56. The lowest BCUT2D eigenvalue weighted by Gasteiger charge is -2.05. The molecule has 0 atom stereocenters. The Morgan fingerprint density at radius 2 is 2.25 bits per heavy atom. The van der Waals surface area contributed by atoms with Crippen molar-refractivity contribution in [2.24, 2.45) is 0 Å². The molecule has 0 aliphatic rings. The topological polar surface area (TPSA) is 61.2 Å². The molecule has 1 aromatic rings. The van der Waals surface area contributed by atoms with E-state index in [0.717, 1.165) is 4.68 Å². The zero-order chi connectivity index (χ0) is 12.1. The van der Waals surface area contributed by atoms with Gasteiger partial charge in [-0.2, -0.15) is 5.10 Å². The second kappa shape index (κ2) is 5.86. The maximum Gasteiger partial charge on any atom is 0.307 e. The third kappa shape index (κ3) is 3.21. The Hall–Kier alpha value is -1.07. The molecule has 1 aromatic heterocycles. The van der Waals surface area contributed by atoms with Crippen LogP contribution in [-0.4, -0.2) is 22.4 Å². The predicted molar refractivity (Wildman–Crippen MR) is 59.8 cm³/mol. The second-order valence-corrected chi connectivity index (χ2v) is 3.67. The van der Waals surface area contributed by atoms with E-state index >= 15 is 0 Å². The van der Waals surface area contributed by atoms with Crippen LogP contribution in [0.15, 0.2) is 11.0 Å². The Kier molecular flexibility index (Phi) is 4.76. The van der Waals surface area contributed by atoms with Gasteiger partial charge in [-0.3, -0.25) is 9.59 Å². The summed E-state index contributed by atoms with van der Waals surface area (Å²) >= 11 is 11.2. The van der Waals surface area contributed by atoms with Gasteiger partial charge in [0.1, 0.15) is 5.02 Å². The molecule has 0 aromatic carbocycles. The largest absolute Gasteiger partial charge is 0.466 e. The first-order valence-corrected chi connectivity index (χ1v) is 5.38. The lowest BCUT2D eigenvalue weighted by atomic mass is 10.4. The first-order valence-electron chi connectivity index (χ1n) is 4.63. The molecule has 0 aliphatic heterocycles. The highest BCUT2D eigenvalue weighted by Gasteiger charge is 2.09. The minimum absolute atomic E-state index is 0.0682. The maximum absolute atomic E-state index is 11.5. The molecule has 1 heterocycles. The molecule has 88 valence electrons. The summed E-state index contributed by atoms with van der Waals surface area (Å²) < 4.78 is 5.79. The predicted octanol–water partition coefficient (Wildman–Crippen LogP) is 1.50. The molecular formula is C9H10Cl2N2O3. The molecule has 0 saturated heterocycles. The summed E-state index contributed by atoms with van der Waals surface area (Å²) in [7, 11) is 0. The Bertz CT molecular complexity index is 445. The molecule has 0 spiro atoms. The van der Waals surface area contributed by atoms with E-state index in [9.17, 15) is 9.59 Å². The third-order valence-electron chi connectivity index (χ3n) is 1.78. The van der Waals surface area contributed by atoms with Crippen LogP contribution in [0.2, 0.25) is 10.0 Å². The number of carbonyl (C=O) groups is 1. The van der Waals surface area contributed by atoms with Gasteiger partial charge < -0.3 is 4.74 Å². The molecule has 0 unspecified atom stereocenters. The molecule has 5 nitrogen and oxygen atoms in total. The van der Waals surface area contributed by atoms with E-state index in [1.807, 2.05) is 0 Å². The van der Waals surface area contributed by atoms with Gasteiger partial charge in [0.15, 0.2) is 0 Å². The Morgan fingerprint density at radius 1 is 1.56 bits per heavy atom. The van der Waals surface area contributed by atoms with Gasteiger partial charge in [0.05, 0.1) is 30.8 Å². The van der Waals surface area contributed by atoms with Crippen molar-refractivity contribution in [2.45, 2.75) is 19.9 Å². The number of carbonyl (C=O) groups excluding carboxylic acids is 1. The number of hydrogen-bond donors (Lipinski definition) is 0. The summed E-state index contributed by atoms with van der Waals surface area (Å²) in [5.41, 5.74) is -0.515. The van der Waals surface area contributed by atoms with Gasteiger partial charge in [-0.05, 0) is 6.92 Å². The van der Waals surface area contributed by atoms with Gasteiger partial charge in [0.25, 0.3) is 5.56 Å². The minimum Gasteiger partial charge on any atom is -0.466 e. The van der Waals surface area contributed by atoms with Gasteiger partial charge in [0, 0.05) is 0 Å². The standard InChI is InChI=1S/C9H10Cl2N2O3/c1-2-16-7(14)3-4-13-9(15)8(11)6(10)5-12-13/h5H,2-4H2,1H3. The smallest absolute Gasteiger partial charge is 0.307 e. The number of nitrogens with zero attached hydrogens (tertiary/aromatic N) is 2. The highest BCUT2D eigenvalue weighted by molar-refractivity contribution is 6.41. The lowest BCUT2D eigenvalue weighted by Crippen LogP contribution is -2.24. The van der Waals surface area contributed by atoms with Crippen molar-refractivity contribution in [2.75, 3.05) is 6.61 Å². The number of hydrogen-bond acceptors (Lipinski definition) is 4. The van der Waals surface area contributed by atoms with Crippen molar-refractivity contribution in [1.82, 2.24) is 9.78 Å². The van der Waals surface area contributed by atoms with Crippen molar-refractivity contribution in [1.29, 1.82) is 0 Å². The molecule has 0 bridgehead atoms. The molecule has 7 heteroatoms. The summed E-state index contributed by atoms with van der Waals surface area (Å²) in [6, 6.07) is 0. The van der Waals surface area contributed by atoms with E-state index in [2.05, 4.69) is 5.10 Å². The average molecular weight is 265 g/mol.